The van der Waals surface area contributed by atoms with Gasteiger partial charge in [-0.3, -0.25) is 9.59 Å². The van der Waals surface area contributed by atoms with E-state index in [-0.39, 0.29) is 11.8 Å². The Morgan fingerprint density at radius 2 is 1.86 bits per heavy atom. The van der Waals surface area contributed by atoms with Crippen LogP contribution in [-0.2, 0) is 17.9 Å². The van der Waals surface area contributed by atoms with Crippen molar-refractivity contribution >= 4 is 28.8 Å². The molecule has 1 N–H and O–H groups in total. The van der Waals surface area contributed by atoms with Gasteiger partial charge in [-0.1, -0.05) is 30.3 Å². The molecule has 2 aromatic carbocycles. The van der Waals surface area contributed by atoms with E-state index in [1.807, 2.05) is 41.8 Å². The molecule has 1 aromatic heterocycles. The van der Waals surface area contributed by atoms with Crippen molar-refractivity contribution in [3.8, 4) is 5.75 Å². The SMILES string of the molecule is COc1ccccc1CN(Cc1cccs1)C(=O)c1cccc(NC(C)=O)c1. The molecule has 0 bridgehead atoms. The summed E-state index contributed by atoms with van der Waals surface area (Å²) in [5.41, 5.74) is 2.07. The molecule has 0 aliphatic carbocycles. The maximum absolute atomic E-state index is 13.3. The normalized spacial score (nSPS) is 10.4. The Bertz CT molecular complexity index is 954. The minimum Gasteiger partial charge on any atom is -0.496 e. The van der Waals surface area contributed by atoms with Crippen molar-refractivity contribution in [2.75, 3.05) is 12.4 Å². The maximum Gasteiger partial charge on any atom is 0.254 e. The number of nitrogens with one attached hydrogen (secondary N) is 1. The Labute approximate surface area is 168 Å². The summed E-state index contributed by atoms with van der Waals surface area (Å²) < 4.78 is 5.45. The quantitative estimate of drug-likeness (QED) is 0.639. The third kappa shape index (κ3) is 4.98. The predicted molar refractivity (Wildman–Crippen MR) is 112 cm³/mol. The predicted octanol–water partition coefficient (Wildman–Crippen LogP) is 4.56. The zero-order chi connectivity index (χ0) is 19.9. The van der Waals surface area contributed by atoms with E-state index in [1.54, 1.807) is 47.6 Å². The molecule has 2 amide bonds. The van der Waals surface area contributed by atoms with Gasteiger partial charge in [0.15, 0.2) is 0 Å². The minimum atomic E-state index is -0.172. The van der Waals surface area contributed by atoms with Crippen LogP contribution in [0, 0.1) is 0 Å². The number of benzene rings is 2. The standard InChI is InChI=1S/C22H22N2O3S/c1-16(25)23-19-9-5-8-17(13-19)22(26)24(15-20-10-6-12-28-20)14-18-7-3-4-11-21(18)27-2/h3-13H,14-15H2,1-2H3,(H,23,25). The Morgan fingerprint density at radius 1 is 1.04 bits per heavy atom. The monoisotopic (exact) mass is 394 g/mol. The number of anilines is 1. The average molecular weight is 394 g/mol. The molecule has 1 heterocycles. The highest BCUT2D eigenvalue weighted by Crippen LogP contribution is 2.23. The lowest BCUT2D eigenvalue weighted by atomic mass is 10.1. The summed E-state index contributed by atoms with van der Waals surface area (Å²) in [5.74, 6) is 0.471. The van der Waals surface area contributed by atoms with Gasteiger partial charge in [-0.05, 0) is 35.7 Å². The molecular weight excluding hydrogens is 372 g/mol. The van der Waals surface area contributed by atoms with Crippen LogP contribution in [0.1, 0.15) is 27.7 Å². The Hall–Kier alpha value is -3.12. The fourth-order valence-electron chi connectivity index (χ4n) is 2.95. The molecule has 0 aliphatic rings. The third-order valence-electron chi connectivity index (χ3n) is 4.20. The van der Waals surface area contributed by atoms with Gasteiger partial charge in [-0.2, -0.15) is 0 Å². The fraction of sp³-hybridized carbons (Fsp3) is 0.182. The summed E-state index contributed by atoms with van der Waals surface area (Å²) in [6.45, 7) is 2.36. The van der Waals surface area contributed by atoms with Gasteiger partial charge >= 0.3 is 0 Å². The number of nitrogens with zero attached hydrogens (tertiary/aromatic N) is 1. The highest BCUT2D eigenvalue weighted by atomic mass is 32.1. The number of ether oxygens (including phenoxy) is 1. The van der Waals surface area contributed by atoms with Crippen molar-refractivity contribution in [1.29, 1.82) is 0 Å². The summed E-state index contributed by atoms with van der Waals surface area (Å²) in [6.07, 6.45) is 0. The first-order valence-corrected chi connectivity index (χ1v) is 9.76. The van der Waals surface area contributed by atoms with Crippen molar-refractivity contribution in [1.82, 2.24) is 4.90 Å². The van der Waals surface area contributed by atoms with Crippen LogP contribution in [0.5, 0.6) is 5.75 Å². The van der Waals surface area contributed by atoms with E-state index in [2.05, 4.69) is 5.32 Å². The summed E-state index contributed by atoms with van der Waals surface area (Å²) in [6, 6.07) is 18.7. The summed E-state index contributed by atoms with van der Waals surface area (Å²) in [4.78, 5) is 27.5. The number of rotatable bonds is 7. The van der Waals surface area contributed by atoms with E-state index in [4.69, 9.17) is 4.74 Å². The lowest BCUT2D eigenvalue weighted by Crippen LogP contribution is -2.30. The molecule has 3 rings (SSSR count). The van der Waals surface area contributed by atoms with Crippen LogP contribution in [0.15, 0.2) is 66.0 Å². The second-order valence-electron chi connectivity index (χ2n) is 6.31. The first-order valence-electron chi connectivity index (χ1n) is 8.88. The Balaban J connectivity index is 1.89. The second kappa shape index (κ2) is 9.19. The number of methoxy groups -OCH3 is 1. The molecule has 6 heteroatoms. The number of carbonyl (C=O) groups is 2. The van der Waals surface area contributed by atoms with Crippen LogP contribution < -0.4 is 10.1 Å². The molecule has 0 aliphatic heterocycles. The lowest BCUT2D eigenvalue weighted by Gasteiger charge is -2.23. The zero-order valence-corrected chi connectivity index (χ0v) is 16.7. The lowest BCUT2D eigenvalue weighted by molar-refractivity contribution is -0.114. The number of amides is 2. The van der Waals surface area contributed by atoms with Crippen molar-refractivity contribution in [2.24, 2.45) is 0 Å². The van der Waals surface area contributed by atoms with Gasteiger partial charge in [0, 0.05) is 28.6 Å². The van der Waals surface area contributed by atoms with E-state index in [0.717, 1.165) is 16.2 Å². The van der Waals surface area contributed by atoms with E-state index in [1.165, 1.54) is 6.92 Å². The minimum absolute atomic E-state index is 0.105. The number of hydrogen-bond acceptors (Lipinski definition) is 4. The molecule has 28 heavy (non-hydrogen) atoms. The van der Waals surface area contributed by atoms with Gasteiger partial charge in [0.25, 0.3) is 5.91 Å². The van der Waals surface area contributed by atoms with Gasteiger partial charge < -0.3 is 15.0 Å². The van der Waals surface area contributed by atoms with E-state index in [0.29, 0.717) is 24.3 Å². The first kappa shape index (κ1) is 19.6. The van der Waals surface area contributed by atoms with E-state index in [9.17, 15) is 9.59 Å². The highest BCUT2D eigenvalue weighted by molar-refractivity contribution is 7.09. The van der Waals surface area contributed by atoms with E-state index < -0.39 is 0 Å². The van der Waals surface area contributed by atoms with Crippen LogP contribution in [-0.4, -0.2) is 23.8 Å². The molecular formula is C22H22N2O3S. The molecule has 5 nitrogen and oxygen atoms in total. The zero-order valence-electron chi connectivity index (χ0n) is 15.8. The van der Waals surface area contributed by atoms with Crippen LogP contribution in [0.4, 0.5) is 5.69 Å². The van der Waals surface area contributed by atoms with Crippen molar-refractivity contribution in [3.63, 3.8) is 0 Å². The Morgan fingerprint density at radius 3 is 2.57 bits per heavy atom. The molecule has 3 aromatic rings. The summed E-state index contributed by atoms with van der Waals surface area (Å²) in [7, 11) is 1.63. The smallest absolute Gasteiger partial charge is 0.254 e. The molecule has 0 unspecified atom stereocenters. The van der Waals surface area contributed by atoms with Gasteiger partial charge in [0.2, 0.25) is 5.91 Å². The molecule has 0 atom stereocenters. The molecule has 0 saturated carbocycles. The van der Waals surface area contributed by atoms with Crippen molar-refractivity contribution in [3.05, 3.63) is 82.0 Å². The van der Waals surface area contributed by atoms with Gasteiger partial charge in [0.05, 0.1) is 20.2 Å². The molecule has 0 radical (unpaired) electrons. The maximum atomic E-state index is 13.3. The largest absolute Gasteiger partial charge is 0.496 e. The number of thiophene rings is 1. The highest BCUT2D eigenvalue weighted by Gasteiger charge is 2.19. The van der Waals surface area contributed by atoms with E-state index >= 15 is 0 Å². The van der Waals surface area contributed by atoms with Crippen molar-refractivity contribution < 1.29 is 14.3 Å². The number of hydrogen-bond donors (Lipinski definition) is 1. The Kier molecular flexibility index (Phi) is 6.45. The summed E-state index contributed by atoms with van der Waals surface area (Å²) >= 11 is 1.61. The average Bonchev–Trinajstić information content (AvgIpc) is 3.20. The number of para-hydroxylation sites is 1. The molecule has 0 fully saturated rings. The van der Waals surface area contributed by atoms with Gasteiger partial charge in [-0.25, -0.2) is 0 Å². The molecule has 144 valence electrons. The molecule has 0 spiro atoms. The second-order valence-corrected chi connectivity index (χ2v) is 7.35. The third-order valence-corrected chi connectivity index (χ3v) is 5.06. The van der Waals surface area contributed by atoms with Gasteiger partial charge in [0.1, 0.15) is 5.75 Å². The first-order chi connectivity index (χ1) is 13.6. The fourth-order valence-corrected chi connectivity index (χ4v) is 3.66. The summed E-state index contributed by atoms with van der Waals surface area (Å²) in [5, 5.41) is 4.72. The molecule has 0 saturated heterocycles. The van der Waals surface area contributed by atoms with Crippen LogP contribution >= 0.6 is 11.3 Å². The van der Waals surface area contributed by atoms with Crippen LogP contribution in [0.25, 0.3) is 0 Å². The van der Waals surface area contributed by atoms with Crippen LogP contribution in [0.2, 0.25) is 0 Å². The van der Waals surface area contributed by atoms with Gasteiger partial charge in [-0.15, -0.1) is 11.3 Å². The van der Waals surface area contributed by atoms with Crippen LogP contribution in [0.3, 0.4) is 0 Å². The van der Waals surface area contributed by atoms with Crippen molar-refractivity contribution in [2.45, 2.75) is 20.0 Å². The topological polar surface area (TPSA) is 58.6 Å². The number of carbonyl (C=O) groups excluding carboxylic acids is 2.